The summed E-state index contributed by atoms with van der Waals surface area (Å²) < 4.78 is 10.8. The van der Waals surface area contributed by atoms with Gasteiger partial charge in [-0.25, -0.2) is 9.97 Å². The quantitative estimate of drug-likeness (QED) is 0.731. The van der Waals surface area contributed by atoms with Crippen molar-refractivity contribution in [3.05, 3.63) is 48.5 Å². The molecule has 0 amide bonds. The van der Waals surface area contributed by atoms with Gasteiger partial charge in [-0.05, 0) is 43.3 Å². The molecule has 1 aromatic heterocycles. The Labute approximate surface area is 123 Å². The molecule has 106 valence electrons. The fourth-order valence-electron chi connectivity index (χ4n) is 2.16. The summed E-state index contributed by atoms with van der Waals surface area (Å²) in [5.74, 6) is 1.37. The fraction of sp³-hybridized carbons (Fsp3) is 0.176. The Bertz CT molecular complexity index is 754. The van der Waals surface area contributed by atoms with Crippen LogP contribution in [0.15, 0.2) is 48.5 Å². The molecule has 0 aliphatic heterocycles. The third kappa shape index (κ3) is 2.65. The molecule has 3 rings (SSSR count). The Morgan fingerprint density at radius 3 is 2.19 bits per heavy atom. The van der Waals surface area contributed by atoms with Crippen molar-refractivity contribution in [1.29, 1.82) is 0 Å². The number of fused-ring (bicyclic) bond motifs is 1. The highest BCUT2D eigenvalue weighted by Gasteiger charge is 2.12. The summed E-state index contributed by atoms with van der Waals surface area (Å²) in [5.41, 5.74) is 3.39. The van der Waals surface area contributed by atoms with Crippen molar-refractivity contribution in [1.82, 2.24) is 9.97 Å². The van der Waals surface area contributed by atoms with Gasteiger partial charge in [0.15, 0.2) is 0 Å². The van der Waals surface area contributed by atoms with Crippen molar-refractivity contribution in [3.63, 3.8) is 0 Å². The highest BCUT2D eigenvalue weighted by Crippen LogP contribution is 2.29. The first-order valence-corrected chi connectivity index (χ1v) is 6.86. The summed E-state index contributed by atoms with van der Waals surface area (Å²) in [7, 11) is 1.65. The number of hydrogen-bond donors (Lipinski definition) is 0. The standard InChI is InChI=1S/C17H16N2O2/c1-3-21-17-16(12-8-10-13(20-2)11-9-12)18-14-6-4-5-7-15(14)19-17/h4-11H,3H2,1-2H3. The number of aromatic nitrogens is 2. The average Bonchev–Trinajstić information content (AvgIpc) is 2.55. The molecule has 4 heteroatoms. The molecule has 0 aliphatic rings. The molecule has 0 saturated carbocycles. The Hall–Kier alpha value is -2.62. The lowest BCUT2D eigenvalue weighted by atomic mass is 10.1. The first-order chi connectivity index (χ1) is 10.3. The molecule has 0 aliphatic carbocycles. The smallest absolute Gasteiger partial charge is 0.241 e. The van der Waals surface area contributed by atoms with Gasteiger partial charge in [-0.3, -0.25) is 0 Å². The summed E-state index contributed by atoms with van der Waals surface area (Å²) >= 11 is 0. The Balaban J connectivity index is 2.15. The van der Waals surface area contributed by atoms with Crippen molar-refractivity contribution < 1.29 is 9.47 Å². The third-order valence-electron chi connectivity index (χ3n) is 3.18. The van der Waals surface area contributed by atoms with Crippen molar-refractivity contribution in [2.24, 2.45) is 0 Å². The van der Waals surface area contributed by atoms with Gasteiger partial charge in [-0.1, -0.05) is 12.1 Å². The molecule has 0 bridgehead atoms. The largest absolute Gasteiger partial charge is 0.497 e. The summed E-state index contributed by atoms with van der Waals surface area (Å²) in [6.45, 7) is 2.49. The molecule has 1 heterocycles. The maximum Gasteiger partial charge on any atom is 0.241 e. The molecule has 21 heavy (non-hydrogen) atoms. The molecule has 2 aromatic carbocycles. The lowest BCUT2D eigenvalue weighted by Gasteiger charge is -2.10. The van der Waals surface area contributed by atoms with Crippen molar-refractivity contribution in [2.75, 3.05) is 13.7 Å². The molecule has 0 atom stereocenters. The van der Waals surface area contributed by atoms with E-state index in [0.29, 0.717) is 12.5 Å². The van der Waals surface area contributed by atoms with Gasteiger partial charge in [-0.2, -0.15) is 0 Å². The number of hydrogen-bond acceptors (Lipinski definition) is 4. The number of ether oxygens (including phenoxy) is 2. The van der Waals surface area contributed by atoms with Crippen LogP contribution in [0.4, 0.5) is 0 Å². The van der Waals surface area contributed by atoms with E-state index in [4.69, 9.17) is 14.5 Å². The first-order valence-electron chi connectivity index (χ1n) is 6.86. The van der Waals surface area contributed by atoms with Crippen molar-refractivity contribution in [3.8, 4) is 22.9 Å². The summed E-state index contributed by atoms with van der Waals surface area (Å²) in [4.78, 5) is 9.26. The van der Waals surface area contributed by atoms with Crippen LogP contribution in [0.3, 0.4) is 0 Å². The van der Waals surface area contributed by atoms with Gasteiger partial charge in [0.1, 0.15) is 11.4 Å². The lowest BCUT2D eigenvalue weighted by Crippen LogP contribution is -2.00. The lowest BCUT2D eigenvalue weighted by molar-refractivity contribution is 0.328. The minimum Gasteiger partial charge on any atom is -0.497 e. The SMILES string of the molecule is CCOc1nc2ccccc2nc1-c1ccc(OC)cc1. The predicted molar refractivity (Wildman–Crippen MR) is 82.7 cm³/mol. The molecule has 0 radical (unpaired) electrons. The molecular weight excluding hydrogens is 264 g/mol. The number of methoxy groups -OCH3 is 1. The Morgan fingerprint density at radius 2 is 1.57 bits per heavy atom. The van der Waals surface area contributed by atoms with Crippen LogP contribution in [0, 0.1) is 0 Å². The summed E-state index contributed by atoms with van der Waals surface area (Å²) in [5, 5.41) is 0. The zero-order valence-electron chi connectivity index (χ0n) is 12.0. The van der Waals surface area contributed by atoms with Crippen LogP contribution in [0.1, 0.15) is 6.92 Å². The van der Waals surface area contributed by atoms with E-state index in [0.717, 1.165) is 28.0 Å². The minimum atomic E-state index is 0.552. The van der Waals surface area contributed by atoms with E-state index in [9.17, 15) is 0 Å². The monoisotopic (exact) mass is 280 g/mol. The molecule has 0 spiro atoms. The topological polar surface area (TPSA) is 44.2 Å². The van der Waals surface area contributed by atoms with Crippen LogP contribution in [0.5, 0.6) is 11.6 Å². The number of rotatable bonds is 4. The molecule has 0 fully saturated rings. The third-order valence-corrected chi connectivity index (χ3v) is 3.18. The summed E-state index contributed by atoms with van der Waals surface area (Å²) in [6, 6.07) is 15.5. The van der Waals surface area contributed by atoms with Crippen LogP contribution >= 0.6 is 0 Å². The van der Waals surface area contributed by atoms with Crippen LogP contribution in [-0.2, 0) is 0 Å². The van der Waals surface area contributed by atoms with Gasteiger partial charge in [0.2, 0.25) is 5.88 Å². The van der Waals surface area contributed by atoms with Gasteiger partial charge in [0.25, 0.3) is 0 Å². The predicted octanol–water partition coefficient (Wildman–Crippen LogP) is 3.70. The van der Waals surface area contributed by atoms with Gasteiger partial charge >= 0.3 is 0 Å². The van der Waals surface area contributed by atoms with Crippen molar-refractivity contribution in [2.45, 2.75) is 6.92 Å². The van der Waals surface area contributed by atoms with E-state index in [-0.39, 0.29) is 0 Å². The normalized spacial score (nSPS) is 10.6. The Morgan fingerprint density at radius 1 is 0.905 bits per heavy atom. The van der Waals surface area contributed by atoms with E-state index < -0.39 is 0 Å². The van der Waals surface area contributed by atoms with Crippen LogP contribution in [0.2, 0.25) is 0 Å². The molecule has 0 saturated heterocycles. The maximum absolute atomic E-state index is 5.65. The number of para-hydroxylation sites is 2. The second-order valence-corrected chi connectivity index (χ2v) is 4.53. The highest BCUT2D eigenvalue weighted by molar-refractivity contribution is 5.79. The second-order valence-electron chi connectivity index (χ2n) is 4.53. The average molecular weight is 280 g/mol. The summed E-state index contributed by atoms with van der Waals surface area (Å²) in [6.07, 6.45) is 0. The first kappa shape index (κ1) is 13.4. The van der Waals surface area contributed by atoms with Crippen LogP contribution in [-0.4, -0.2) is 23.7 Å². The zero-order valence-corrected chi connectivity index (χ0v) is 12.0. The van der Waals surface area contributed by atoms with E-state index in [1.165, 1.54) is 0 Å². The highest BCUT2D eigenvalue weighted by atomic mass is 16.5. The van der Waals surface area contributed by atoms with Gasteiger partial charge in [0.05, 0.1) is 24.8 Å². The molecule has 0 unspecified atom stereocenters. The fourth-order valence-corrected chi connectivity index (χ4v) is 2.16. The van der Waals surface area contributed by atoms with Crippen molar-refractivity contribution >= 4 is 11.0 Å². The van der Waals surface area contributed by atoms with E-state index >= 15 is 0 Å². The van der Waals surface area contributed by atoms with E-state index in [2.05, 4.69) is 4.98 Å². The van der Waals surface area contributed by atoms with E-state index in [1.54, 1.807) is 7.11 Å². The zero-order chi connectivity index (χ0) is 14.7. The van der Waals surface area contributed by atoms with Gasteiger partial charge in [-0.15, -0.1) is 0 Å². The maximum atomic E-state index is 5.65. The van der Waals surface area contributed by atoms with E-state index in [1.807, 2.05) is 55.5 Å². The molecule has 3 aromatic rings. The van der Waals surface area contributed by atoms with Gasteiger partial charge < -0.3 is 9.47 Å². The number of nitrogens with zero attached hydrogens (tertiary/aromatic N) is 2. The van der Waals surface area contributed by atoms with Crippen LogP contribution < -0.4 is 9.47 Å². The molecule has 0 N–H and O–H groups in total. The molecular formula is C17H16N2O2. The van der Waals surface area contributed by atoms with Gasteiger partial charge in [0, 0.05) is 5.56 Å². The number of benzene rings is 2. The second kappa shape index (κ2) is 5.79. The van der Waals surface area contributed by atoms with Crippen LogP contribution in [0.25, 0.3) is 22.3 Å². The minimum absolute atomic E-state index is 0.552. The Kier molecular flexibility index (Phi) is 3.69. The molecule has 4 nitrogen and oxygen atoms in total.